The van der Waals surface area contributed by atoms with Gasteiger partial charge in [-0.05, 0) is 31.2 Å². The Kier molecular flexibility index (Phi) is 5.17. The lowest BCUT2D eigenvalue weighted by Crippen LogP contribution is -2.07. The topological polar surface area (TPSA) is 81.5 Å². The molecule has 0 aliphatic carbocycles. The van der Waals surface area contributed by atoms with Crippen molar-refractivity contribution in [1.82, 2.24) is 29.9 Å². The Morgan fingerprint density at radius 1 is 1.06 bits per heavy atom. The number of alkyl halides is 3. The van der Waals surface area contributed by atoms with Crippen LogP contribution in [-0.4, -0.2) is 36.6 Å². The molecule has 4 rings (SSSR count). The summed E-state index contributed by atoms with van der Waals surface area (Å²) in [5.41, 5.74) is 0.567. The summed E-state index contributed by atoms with van der Waals surface area (Å²) in [5.74, 6) is -0.138. The number of aromatic nitrogens is 6. The molecule has 0 saturated carbocycles. The van der Waals surface area contributed by atoms with Gasteiger partial charge in [-0.3, -0.25) is 4.98 Å². The van der Waals surface area contributed by atoms with Crippen LogP contribution >= 0.6 is 0 Å². The van der Waals surface area contributed by atoms with Crippen LogP contribution in [0.2, 0.25) is 0 Å². The number of aromatic amines is 1. The minimum absolute atomic E-state index is 0.173. The van der Waals surface area contributed by atoms with Crippen molar-refractivity contribution in [2.24, 2.45) is 7.05 Å². The summed E-state index contributed by atoms with van der Waals surface area (Å²) in [4.78, 5) is 8.64. The van der Waals surface area contributed by atoms with Crippen LogP contribution in [0.25, 0.3) is 33.9 Å². The van der Waals surface area contributed by atoms with Crippen LogP contribution in [0.3, 0.4) is 0 Å². The van der Waals surface area contributed by atoms with Gasteiger partial charge in [-0.25, -0.2) is 9.37 Å². The van der Waals surface area contributed by atoms with E-state index < -0.39 is 17.7 Å². The number of rotatable bonds is 5. The van der Waals surface area contributed by atoms with Crippen LogP contribution in [0.15, 0.2) is 42.9 Å². The number of aryl methyl sites for hydroxylation is 1. The maximum atomic E-state index is 13.8. The third kappa shape index (κ3) is 3.86. The zero-order valence-corrected chi connectivity index (χ0v) is 16.4. The first-order valence-electron chi connectivity index (χ1n) is 9.18. The van der Waals surface area contributed by atoms with Crippen molar-refractivity contribution in [3.05, 3.63) is 54.4 Å². The zero-order chi connectivity index (χ0) is 22.2. The third-order valence-electron chi connectivity index (χ3n) is 4.53. The number of ether oxygens (including phenoxy) is 1. The van der Waals surface area contributed by atoms with Gasteiger partial charge in [0.1, 0.15) is 23.0 Å². The Morgan fingerprint density at radius 3 is 2.61 bits per heavy atom. The molecule has 160 valence electrons. The van der Waals surface area contributed by atoms with E-state index in [1.165, 1.54) is 36.8 Å². The average Bonchev–Trinajstić information content (AvgIpc) is 3.36. The van der Waals surface area contributed by atoms with Crippen molar-refractivity contribution in [2.75, 3.05) is 6.61 Å². The monoisotopic (exact) mass is 432 g/mol. The van der Waals surface area contributed by atoms with Crippen LogP contribution in [0.1, 0.15) is 12.6 Å². The summed E-state index contributed by atoms with van der Waals surface area (Å²) in [6, 6.07) is 6.98. The van der Waals surface area contributed by atoms with Crippen LogP contribution in [0.5, 0.6) is 5.75 Å². The molecule has 0 amide bonds. The zero-order valence-electron chi connectivity index (χ0n) is 16.4. The summed E-state index contributed by atoms with van der Waals surface area (Å²) < 4.78 is 60.7. The number of benzene rings is 1. The number of nitrogens with one attached hydrogen (secondary N) is 1. The lowest BCUT2D eigenvalue weighted by atomic mass is 10.0. The molecule has 0 atom stereocenters. The molecule has 3 aromatic heterocycles. The fraction of sp³-hybridized carbons (Fsp3) is 0.200. The van der Waals surface area contributed by atoms with E-state index in [1.807, 2.05) is 5.21 Å². The molecule has 7 nitrogen and oxygen atoms in total. The van der Waals surface area contributed by atoms with E-state index in [1.54, 1.807) is 24.6 Å². The van der Waals surface area contributed by atoms with E-state index >= 15 is 0 Å². The number of hydrogen-bond acceptors (Lipinski definition) is 5. The molecular formula is C20H16F4N6O. The number of imidazole rings is 1. The SMILES string of the molecule is CCOc1cc(F)ccc1-c1c(-c2cc(-c3n[nH]nc3C(F)(F)F)ccn2)ncn1C. The Balaban J connectivity index is 1.85. The molecule has 11 heteroatoms. The Labute approximate surface area is 173 Å². The van der Waals surface area contributed by atoms with Crippen LogP contribution < -0.4 is 4.74 Å². The number of hydrogen-bond donors (Lipinski definition) is 1. The van der Waals surface area contributed by atoms with Crippen LogP contribution in [0.4, 0.5) is 17.6 Å². The molecule has 0 fully saturated rings. The third-order valence-corrected chi connectivity index (χ3v) is 4.53. The summed E-state index contributed by atoms with van der Waals surface area (Å²) in [6.45, 7) is 2.10. The molecule has 0 radical (unpaired) electrons. The van der Waals surface area contributed by atoms with Gasteiger partial charge in [0.25, 0.3) is 0 Å². The molecule has 0 aliphatic rings. The summed E-state index contributed by atoms with van der Waals surface area (Å²) >= 11 is 0. The minimum Gasteiger partial charge on any atom is -0.493 e. The van der Waals surface area contributed by atoms with Gasteiger partial charge in [-0.1, -0.05) is 0 Å². The maximum absolute atomic E-state index is 13.8. The molecular weight excluding hydrogens is 416 g/mol. The predicted octanol–water partition coefficient (Wildman–Crippen LogP) is 4.49. The van der Waals surface area contributed by atoms with Gasteiger partial charge in [0.15, 0.2) is 5.69 Å². The van der Waals surface area contributed by atoms with Gasteiger partial charge >= 0.3 is 6.18 Å². The maximum Gasteiger partial charge on any atom is 0.437 e. The van der Waals surface area contributed by atoms with E-state index in [2.05, 4.69) is 20.2 Å². The second-order valence-electron chi connectivity index (χ2n) is 6.57. The Hall–Kier alpha value is -3.76. The van der Waals surface area contributed by atoms with Gasteiger partial charge in [-0.2, -0.15) is 28.6 Å². The molecule has 0 bridgehead atoms. The van der Waals surface area contributed by atoms with Crippen molar-refractivity contribution in [2.45, 2.75) is 13.1 Å². The largest absolute Gasteiger partial charge is 0.493 e. The fourth-order valence-electron chi connectivity index (χ4n) is 3.24. The van der Waals surface area contributed by atoms with Gasteiger partial charge < -0.3 is 9.30 Å². The first-order chi connectivity index (χ1) is 14.8. The fourth-order valence-corrected chi connectivity index (χ4v) is 3.24. The van der Waals surface area contributed by atoms with E-state index in [0.717, 1.165) is 0 Å². The van der Waals surface area contributed by atoms with Crippen molar-refractivity contribution in [1.29, 1.82) is 0 Å². The smallest absolute Gasteiger partial charge is 0.437 e. The second-order valence-corrected chi connectivity index (χ2v) is 6.57. The minimum atomic E-state index is -4.66. The summed E-state index contributed by atoms with van der Waals surface area (Å²) in [5, 5.41) is 8.89. The highest BCUT2D eigenvalue weighted by Crippen LogP contribution is 2.38. The number of pyridine rings is 1. The molecule has 3 heterocycles. The van der Waals surface area contributed by atoms with Crippen molar-refractivity contribution < 1.29 is 22.3 Å². The Morgan fingerprint density at radius 2 is 1.87 bits per heavy atom. The van der Waals surface area contributed by atoms with Crippen LogP contribution in [-0.2, 0) is 13.2 Å². The highest BCUT2D eigenvalue weighted by atomic mass is 19.4. The first-order valence-corrected chi connectivity index (χ1v) is 9.18. The molecule has 0 aliphatic heterocycles. The molecule has 0 saturated heterocycles. The normalized spacial score (nSPS) is 11.7. The second kappa shape index (κ2) is 7.82. The highest BCUT2D eigenvalue weighted by Gasteiger charge is 2.38. The van der Waals surface area contributed by atoms with Crippen molar-refractivity contribution in [3.63, 3.8) is 0 Å². The molecule has 31 heavy (non-hydrogen) atoms. The lowest BCUT2D eigenvalue weighted by Gasteiger charge is -2.13. The van der Waals surface area contributed by atoms with Gasteiger partial charge in [0.2, 0.25) is 0 Å². The number of H-pyrrole nitrogens is 1. The summed E-state index contributed by atoms with van der Waals surface area (Å²) in [6.07, 6.45) is -1.76. The standard InChI is InChI=1S/C20H16F4N6O/c1-3-31-15-9-12(21)4-5-13(15)18-17(26-10-30(18)2)14-8-11(6-7-25-14)16-19(20(22,23)24)28-29-27-16/h4-10H,3H2,1-2H3,(H,27,28,29). The lowest BCUT2D eigenvalue weighted by molar-refractivity contribution is -0.140. The van der Waals surface area contributed by atoms with Gasteiger partial charge in [0, 0.05) is 30.4 Å². The average molecular weight is 432 g/mol. The molecule has 1 N–H and O–H groups in total. The van der Waals surface area contributed by atoms with E-state index in [-0.39, 0.29) is 11.3 Å². The van der Waals surface area contributed by atoms with Crippen molar-refractivity contribution >= 4 is 0 Å². The van der Waals surface area contributed by atoms with E-state index in [0.29, 0.717) is 35.0 Å². The first kappa shape index (κ1) is 20.5. The molecule has 0 spiro atoms. The van der Waals surface area contributed by atoms with Gasteiger partial charge in [-0.15, -0.1) is 0 Å². The number of halogens is 4. The highest BCUT2D eigenvalue weighted by molar-refractivity contribution is 5.82. The number of nitrogens with zero attached hydrogens (tertiary/aromatic N) is 5. The van der Waals surface area contributed by atoms with E-state index in [9.17, 15) is 17.6 Å². The molecule has 1 aromatic carbocycles. The summed E-state index contributed by atoms with van der Waals surface area (Å²) in [7, 11) is 1.74. The quantitative estimate of drug-likeness (QED) is 0.470. The van der Waals surface area contributed by atoms with Crippen LogP contribution in [0, 0.1) is 5.82 Å². The Bertz CT molecular complexity index is 1230. The van der Waals surface area contributed by atoms with E-state index in [4.69, 9.17) is 4.74 Å². The molecule has 0 unspecified atom stereocenters. The van der Waals surface area contributed by atoms with Crippen molar-refractivity contribution in [3.8, 4) is 39.7 Å². The predicted molar refractivity (Wildman–Crippen MR) is 103 cm³/mol. The van der Waals surface area contributed by atoms with Gasteiger partial charge in [0.05, 0.1) is 24.3 Å². The molecule has 4 aromatic rings.